The number of para-hydroxylation sites is 4. The summed E-state index contributed by atoms with van der Waals surface area (Å²) >= 11 is 3.32. The lowest BCUT2D eigenvalue weighted by atomic mass is 10.1. The van der Waals surface area contributed by atoms with Crippen LogP contribution in [0.4, 0.5) is 0 Å². The standard InChI is InChI=1S/C15H12N2O2.C9H9BrO2.C7H6N2/c18-15(19)12-7-5-11(6-8-12)9-17-10-16-13-3-1-2-4-14(13)17;1-12-9(11)8-4-2-7(6-10)3-5-8;1-2-4-7-6(3-1)8-5-9-7/h1-8,10H,9H2,(H,18,19);2-5H,6H2,1H3;1-5H,(H,8,9). The second kappa shape index (κ2) is 13.9. The second-order valence-electron chi connectivity index (χ2n) is 8.61. The van der Waals surface area contributed by atoms with Gasteiger partial charge in [0.15, 0.2) is 0 Å². The van der Waals surface area contributed by atoms with Crippen molar-refractivity contribution in [3.8, 4) is 0 Å². The molecule has 0 unspecified atom stereocenters. The largest absolute Gasteiger partial charge is 0.478 e. The summed E-state index contributed by atoms with van der Waals surface area (Å²) in [5.41, 5.74) is 7.24. The van der Waals surface area contributed by atoms with Crippen LogP contribution in [0.3, 0.4) is 0 Å². The summed E-state index contributed by atoms with van der Waals surface area (Å²) in [5.74, 6) is -1.20. The number of fused-ring (bicyclic) bond motifs is 2. The molecular formula is C31H27BrN4O4. The fraction of sp³-hybridized carbons (Fsp3) is 0.0968. The number of nitrogens with one attached hydrogen (secondary N) is 1. The van der Waals surface area contributed by atoms with Crippen molar-refractivity contribution < 1.29 is 19.4 Å². The van der Waals surface area contributed by atoms with E-state index < -0.39 is 5.97 Å². The number of alkyl halides is 1. The van der Waals surface area contributed by atoms with Crippen LogP contribution in [0.5, 0.6) is 0 Å². The van der Waals surface area contributed by atoms with Gasteiger partial charge in [0, 0.05) is 11.9 Å². The van der Waals surface area contributed by atoms with Crippen LogP contribution >= 0.6 is 15.9 Å². The highest BCUT2D eigenvalue weighted by Crippen LogP contribution is 2.14. The molecule has 0 aliphatic heterocycles. The molecule has 2 N–H and O–H groups in total. The van der Waals surface area contributed by atoms with Gasteiger partial charge in [-0.1, -0.05) is 64.5 Å². The van der Waals surface area contributed by atoms with E-state index in [1.54, 1.807) is 36.9 Å². The van der Waals surface area contributed by atoms with Crippen LogP contribution in [0.2, 0.25) is 0 Å². The lowest BCUT2D eigenvalue weighted by molar-refractivity contribution is 0.0599. The molecule has 0 aliphatic carbocycles. The van der Waals surface area contributed by atoms with Gasteiger partial charge in [0.1, 0.15) is 0 Å². The molecule has 0 saturated carbocycles. The molecule has 0 fully saturated rings. The van der Waals surface area contributed by atoms with E-state index in [9.17, 15) is 9.59 Å². The summed E-state index contributed by atoms with van der Waals surface area (Å²) in [6, 6.07) is 30.1. The molecule has 2 heterocycles. The number of imidazole rings is 2. The molecule has 8 nitrogen and oxygen atoms in total. The van der Waals surface area contributed by atoms with Gasteiger partial charge in [-0.3, -0.25) is 0 Å². The normalized spacial score (nSPS) is 10.2. The van der Waals surface area contributed by atoms with E-state index in [1.807, 2.05) is 77.4 Å². The molecule has 0 bridgehead atoms. The van der Waals surface area contributed by atoms with Crippen LogP contribution in [0.25, 0.3) is 22.1 Å². The number of hydrogen-bond acceptors (Lipinski definition) is 5. The minimum absolute atomic E-state index is 0.295. The van der Waals surface area contributed by atoms with Crippen molar-refractivity contribution in [1.82, 2.24) is 19.5 Å². The van der Waals surface area contributed by atoms with E-state index in [0.717, 1.165) is 38.5 Å². The maximum atomic E-state index is 11.0. The predicted octanol–water partition coefficient (Wildman–Crippen LogP) is 6.71. The van der Waals surface area contributed by atoms with Gasteiger partial charge >= 0.3 is 11.9 Å². The summed E-state index contributed by atoms with van der Waals surface area (Å²) in [6.07, 6.45) is 3.50. The number of nitrogens with zero attached hydrogens (tertiary/aromatic N) is 3. The highest BCUT2D eigenvalue weighted by molar-refractivity contribution is 9.08. The van der Waals surface area contributed by atoms with Gasteiger partial charge in [-0.15, -0.1) is 0 Å². The van der Waals surface area contributed by atoms with Gasteiger partial charge in [-0.05, 0) is 59.7 Å². The van der Waals surface area contributed by atoms with Crippen LogP contribution in [-0.4, -0.2) is 43.7 Å². The van der Waals surface area contributed by atoms with Crippen LogP contribution in [0, 0.1) is 0 Å². The lowest BCUT2D eigenvalue weighted by Gasteiger charge is -2.05. The number of H-pyrrole nitrogens is 1. The predicted molar refractivity (Wildman–Crippen MR) is 159 cm³/mol. The SMILES string of the molecule is COC(=O)c1ccc(CBr)cc1.O=C(O)c1ccc(Cn2cnc3ccccc32)cc1.c1ccc2[nH]cnc2c1. The molecule has 0 radical (unpaired) electrons. The van der Waals surface area contributed by atoms with Crippen LogP contribution in [-0.2, 0) is 16.6 Å². The molecule has 0 saturated heterocycles. The van der Waals surface area contributed by atoms with Crippen LogP contribution < -0.4 is 0 Å². The average Bonchev–Trinajstić information content (AvgIpc) is 3.65. The van der Waals surface area contributed by atoms with E-state index in [0.29, 0.717) is 17.7 Å². The highest BCUT2D eigenvalue weighted by atomic mass is 79.9. The Balaban J connectivity index is 0.000000151. The number of hydrogen-bond donors (Lipinski definition) is 2. The summed E-state index contributed by atoms with van der Waals surface area (Å²) in [7, 11) is 1.38. The Morgan fingerprint density at radius 2 is 1.45 bits per heavy atom. The summed E-state index contributed by atoms with van der Waals surface area (Å²) in [4.78, 5) is 33.2. The first-order valence-electron chi connectivity index (χ1n) is 12.3. The van der Waals surface area contributed by atoms with Gasteiger partial charge in [-0.2, -0.15) is 0 Å². The molecule has 0 spiro atoms. The fourth-order valence-corrected chi connectivity index (χ4v) is 4.19. The first kappa shape index (κ1) is 28.3. The zero-order valence-corrected chi connectivity index (χ0v) is 23.3. The van der Waals surface area contributed by atoms with Crippen molar-refractivity contribution in [2.45, 2.75) is 11.9 Å². The first-order valence-corrected chi connectivity index (χ1v) is 13.4. The van der Waals surface area contributed by atoms with Crippen molar-refractivity contribution in [3.05, 3.63) is 132 Å². The van der Waals surface area contributed by atoms with Gasteiger partial charge in [0.25, 0.3) is 0 Å². The number of rotatable bonds is 5. The first-order chi connectivity index (χ1) is 19.5. The van der Waals surface area contributed by atoms with Gasteiger partial charge in [0.2, 0.25) is 0 Å². The Bertz CT molecular complexity index is 1660. The number of halogens is 1. The molecule has 9 heteroatoms. The molecule has 2 aromatic heterocycles. The minimum atomic E-state index is -0.903. The van der Waals surface area contributed by atoms with Gasteiger partial charge in [-0.25, -0.2) is 19.6 Å². The molecular weight excluding hydrogens is 572 g/mol. The Morgan fingerprint density at radius 3 is 2.10 bits per heavy atom. The Labute approximate surface area is 239 Å². The van der Waals surface area contributed by atoms with Crippen molar-refractivity contribution in [1.29, 1.82) is 0 Å². The average molecular weight is 599 g/mol. The number of benzene rings is 4. The Morgan fingerprint density at radius 1 is 0.825 bits per heavy atom. The maximum absolute atomic E-state index is 11.0. The number of aromatic carboxylic acids is 1. The monoisotopic (exact) mass is 598 g/mol. The molecule has 6 rings (SSSR count). The molecule has 0 amide bonds. The van der Waals surface area contributed by atoms with Crippen molar-refractivity contribution in [3.63, 3.8) is 0 Å². The zero-order chi connectivity index (χ0) is 28.3. The third kappa shape index (κ3) is 7.42. The summed E-state index contributed by atoms with van der Waals surface area (Å²) < 4.78 is 6.61. The Kier molecular flexibility index (Phi) is 9.79. The number of aromatic amines is 1. The second-order valence-corrected chi connectivity index (χ2v) is 9.17. The highest BCUT2D eigenvalue weighted by Gasteiger charge is 2.05. The van der Waals surface area contributed by atoms with E-state index in [-0.39, 0.29) is 5.97 Å². The number of carboxylic acids is 1. The number of aromatic nitrogens is 4. The molecule has 4 aromatic carbocycles. The topological polar surface area (TPSA) is 110 Å². The molecule has 0 aliphatic rings. The minimum Gasteiger partial charge on any atom is -0.478 e. The number of ether oxygens (including phenoxy) is 1. The molecule has 0 atom stereocenters. The molecule has 202 valence electrons. The molecule has 40 heavy (non-hydrogen) atoms. The third-order valence-corrected chi connectivity index (χ3v) is 6.59. The van der Waals surface area contributed by atoms with Gasteiger partial charge < -0.3 is 19.4 Å². The number of carbonyl (C=O) groups excluding carboxylic acids is 1. The lowest BCUT2D eigenvalue weighted by Crippen LogP contribution is -2.00. The van der Waals surface area contributed by atoms with Crippen molar-refractivity contribution >= 4 is 49.9 Å². The van der Waals surface area contributed by atoms with Crippen LogP contribution in [0.15, 0.2) is 110 Å². The van der Waals surface area contributed by atoms with E-state index in [1.165, 1.54) is 7.11 Å². The third-order valence-electron chi connectivity index (χ3n) is 5.94. The fourth-order valence-electron chi connectivity index (χ4n) is 3.81. The summed E-state index contributed by atoms with van der Waals surface area (Å²) in [6.45, 7) is 0.681. The van der Waals surface area contributed by atoms with Crippen molar-refractivity contribution in [2.24, 2.45) is 0 Å². The number of carbonyl (C=O) groups is 2. The molecule has 6 aromatic rings. The number of carboxylic acid groups (broad SMARTS) is 1. The summed E-state index contributed by atoms with van der Waals surface area (Å²) in [5, 5.41) is 9.66. The number of esters is 1. The van der Waals surface area contributed by atoms with Crippen LogP contribution in [0.1, 0.15) is 31.8 Å². The number of methoxy groups -OCH3 is 1. The smallest absolute Gasteiger partial charge is 0.337 e. The quantitative estimate of drug-likeness (QED) is 0.168. The van der Waals surface area contributed by atoms with E-state index in [2.05, 4.69) is 35.6 Å². The van der Waals surface area contributed by atoms with E-state index >= 15 is 0 Å². The maximum Gasteiger partial charge on any atom is 0.337 e. The van der Waals surface area contributed by atoms with Crippen molar-refractivity contribution in [2.75, 3.05) is 7.11 Å². The zero-order valence-electron chi connectivity index (χ0n) is 21.7. The Hall–Kier alpha value is -4.76. The van der Waals surface area contributed by atoms with Gasteiger partial charge in [0.05, 0.1) is 53.0 Å². The van der Waals surface area contributed by atoms with E-state index in [4.69, 9.17) is 5.11 Å².